The van der Waals surface area contributed by atoms with E-state index in [2.05, 4.69) is 48.5 Å². The van der Waals surface area contributed by atoms with Crippen LogP contribution in [0.3, 0.4) is 0 Å². The number of nitrogens with one attached hydrogen (secondary N) is 1. The summed E-state index contributed by atoms with van der Waals surface area (Å²) in [5.41, 5.74) is 5.07. The van der Waals surface area contributed by atoms with Crippen LogP contribution in [0.4, 0.5) is 0 Å². The first-order chi connectivity index (χ1) is 10.2. The van der Waals surface area contributed by atoms with E-state index < -0.39 is 0 Å². The van der Waals surface area contributed by atoms with Crippen molar-refractivity contribution in [2.45, 2.75) is 52.2 Å². The van der Waals surface area contributed by atoms with Gasteiger partial charge in [-0.2, -0.15) is 5.10 Å². The third-order valence-electron chi connectivity index (χ3n) is 4.30. The molecule has 3 nitrogen and oxygen atoms in total. The average molecular weight is 304 g/mol. The number of rotatable bonds is 5. The fourth-order valence-electron chi connectivity index (χ4n) is 3.13. The van der Waals surface area contributed by atoms with E-state index in [1.165, 1.54) is 11.1 Å². The van der Waals surface area contributed by atoms with Gasteiger partial charge in [-0.3, -0.25) is 4.68 Å². The lowest BCUT2D eigenvalue weighted by Crippen LogP contribution is -2.30. The maximum Gasteiger partial charge on any atom is 0.0863 e. The van der Waals surface area contributed by atoms with Gasteiger partial charge in [-0.1, -0.05) is 42.8 Å². The van der Waals surface area contributed by atoms with Gasteiger partial charge in [0.25, 0.3) is 0 Å². The Morgan fingerprint density at radius 2 is 1.90 bits per heavy atom. The molecule has 0 radical (unpaired) electrons. The third-order valence-corrected chi connectivity index (χ3v) is 4.74. The van der Waals surface area contributed by atoms with Gasteiger partial charge in [0.2, 0.25) is 0 Å². The summed E-state index contributed by atoms with van der Waals surface area (Å²) in [7, 11) is 0. The second-order valence-electron chi connectivity index (χ2n) is 5.63. The van der Waals surface area contributed by atoms with Crippen LogP contribution in [0.25, 0.3) is 0 Å². The fraction of sp³-hybridized carbons (Fsp3) is 0.471. The summed E-state index contributed by atoms with van der Waals surface area (Å²) >= 11 is 6.46. The second kappa shape index (κ2) is 6.20. The Morgan fingerprint density at radius 1 is 1.24 bits per heavy atom. The predicted molar refractivity (Wildman–Crippen MR) is 86.8 cm³/mol. The van der Waals surface area contributed by atoms with Crippen LogP contribution in [-0.4, -0.2) is 15.8 Å². The maximum absolute atomic E-state index is 6.46. The number of aryl methyl sites for hydroxylation is 2. The highest BCUT2D eigenvalue weighted by Crippen LogP contribution is 2.24. The van der Waals surface area contributed by atoms with Crippen molar-refractivity contribution < 1.29 is 0 Å². The monoisotopic (exact) mass is 303 g/mol. The van der Waals surface area contributed by atoms with Crippen LogP contribution in [0, 0.1) is 0 Å². The van der Waals surface area contributed by atoms with Crippen LogP contribution in [-0.2, 0) is 32.4 Å². The van der Waals surface area contributed by atoms with Crippen LogP contribution >= 0.6 is 11.6 Å². The van der Waals surface area contributed by atoms with Crippen LogP contribution in [0.2, 0.25) is 5.02 Å². The lowest BCUT2D eigenvalue weighted by molar-refractivity contribution is 0.504. The van der Waals surface area contributed by atoms with Gasteiger partial charge in [-0.05, 0) is 37.3 Å². The molecule has 0 spiro atoms. The number of aromatic nitrogens is 2. The number of hydrogen-bond acceptors (Lipinski definition) is 2. The van der Waals surface area contributed by atoms with Gasteiger partial charge in [-0.15, -0.1) is 0 Å². The Hall–Kier alpha value is -1.32. The molecule has 0 bridgehead atoms. The first kappa shape index (κ1) is 14.6. The minimum absolute atomic E-state index is 0.503. The van der Waals surface area contributed by atoms with Crippen molar-refractivity contribution in [3.8, 4) is 0 Å². The quantitative estimate of drug-likeness (QED) is 0.918. The van der Waals surface area contributed by atoms with Crippen LogP contribution in [0.1, 0.15) is 36.4 Å². The lowest BCUT2D eigenvalue weighted by Gasteiger charge is -2.13. The lowest BCUT2D eigenvalue weighted by atomic mass is 10.1. The van der Waals surface area contributed by atoms with Gasteiger partial charge in [-0.25, -0.2) is 0 Å². The Labute approximate surface area is 131 Å². The van der Waals surface area contributed by atoms with Gasteiger partial charge in [0.05, 0.1) is 16.4 Å². The van der Waals surface area contributed by atoms with Crippen molar-refractivity contribution >= 4 is 11.6 Å². The van der Waals surface area contributed by atoms with E-state index in [-0.39, 0.29) is 0 Å². The summed E-state index contributed by atoms with van der Waals surface area (Å²) < 4.78 is 2.02. The molecule has 0 atom stereocenters. The molecule has 1 aliphatic rings. The molecule has 21 heavy (non-hydrogen) atoms. The molecule has 1 heterocycles. The SMILES string of the molecule is CCc1nn(CC)c(CNC2Cc3ccccc3C2)c1Cl. The van der Waals surface area contributed by atoms with Crippen molar-refractivity contribution in [2.24, 2.45) is 0 Å². The van der Waals surface area contributed by atoms with Crippen LogP contribution in [0.5, 0.6) is 0 Å². The van der Waals surface area contributed by atoms with Crippen molar-refractivity contribution in [1.29, 1.82) is 0 Å². The van der Waals surface area contributed by atoms with Crippen molar-refractivity contribution in [2.75, 3.05) is 0 Å². The smallest absolute Gasteiger partial charge is 0.0863 e. The average Bonchev–Trinajstić information content (AvgIpc) is 3.05. The molecule has 1 aromatic heterocycles. The van der Waals surface area contributed by atoms with Gasteiger partial charge >= 0.3 is 0 Å². The molecular weight excluding hydrogens is 282 g/mol. The summed E-state index contributed by atoms with van der Waals surface area (Å²) in [5, 5.41) is 9.06. The molecule has 3 rings (SSSR count). The number of fused-ring (bicyclic) bond motifs is 1. The van der Waals surface area contributed by atoms with Gasteiger partial charge < -0.3 is 5.32 Å². The second-order valence-corrected chi connectivity index (χ2v) is 6.01. The van der Waals surface area contributed by atoms with Crippen LogP contribution in [0.15, 0.2) is 24.3 Å². The molecule has 1 aromatic carbocycles. The highest BCUT2D eigenvalue weighted by Gasteiger charge is 2.22. The molecular formula is C17H22ClN3. The highest BCUT2D eigenvalue weighted by molar-refractivity contribution is 6.31. The molecule has 1 N–H and O–H groups in total. The van der Waals surface area contributed by atoms with Crippen LogP contribution < -0.4 is 5.32 Å². The molecule has 2 aromatic rings. The van der Waals surface area contributed by atoms with Gasteiger partial charge in [0, 0.05) is 19.1 Å². The number of benzene rings is 1. The molecule has 0 fully saturated rings. The summed E-state index contributed by atoms with van der Waals surface area (Å²) in [6.45, 7) is 5.86. The maximum atomic E-state index is 6.46. The summed E-state index contributed by atoms with van der Waals surface area (Å²) in [6.07, 6.45) is 3.09. The largest absolute Gasteiger partial charge is 0.308 e. The summed E-state index contributed by atoms with van der Waals surface area (Å²) in [4.78, 5) is 0. The Bertz CT molecular complexity index is 608. The van der Waals surface area contributed by atoms with Crippen molar-refractivity contribution in [1.82, 2.24) is 15.1 Å². The molecule has 112 valence electrons. The van der Waals surface area contributed by atoms with E-state index in [0.717, 1.165) is 48.8 Å². The molecule has 0 amide bonds. The van der Waals surface area contributed by atoms with E-state index in [0.29, 0.717) is 6.04 Å². The van der Waals surface area contributed by atoms with Crippen molar-refractivity contribution in [3.05, 3.63) is 51.8 Å². The number of halogens is 1. The topological polar surface area (TPSA) is 29.9 Å². The Kier molecular flexibility index (Phi) is 4.32. The zero-order valence-electron chi connectivity index (χ0n) is 12.7. The van der Waals surface area contributed by atoms with Gasteiger partial charge in [0.15, 0.2) is 0 Å². The Balaban J connectivity index is 1.68. The van der Waals surface area contributed by atoms with Gasteiger partial charge in [0.1, 0.15) is 0 Å². The molecule has 0 saturated heterocycles. The molecule has 0 saturated carbocycles. The van der Waals surface area contributed by atoms with E-state index in [9.17, 15) is 0 Å². The minimum atomic E-state index is 0.503. The number of hydrogen-bond donors (Lipinski definition) is 1. The third kappa shape index (κ3) is 2.85. The molecule has 1 aliphatic carbocycles. The van der Waals surface area contributed by atoms with E-state index in [1.54, 1.807) is 0 Å². The predicted octanol–water partition coefficient (Wildman–Crippen LogP) is 3.38. The number of nitrogens with zero attached hydrogens (tertiary/aromatic N) is 2. The zero-order valence-corrected chi connectivity index (χ0v) is 13.5. The molecule has 4 heteroatoms. The Morgan fingerprint density at radius 3 is 2.48 bits per heavy atom. The van der Waals surface area contributed by atoms with E-state index in [1.807, 2.05) is 4.68 Å². The zero-order chi connectivity index (χ0) is 14.8. The normalized spacial score (nSPS) is 14.6. The first-order valence-electron chi connectivity index (χ1n) is 7.77. The summed E-state index contributed by atoms with van der Waals surface area (Å²) in [6, 6.07) is 9.21. The van der Waals surface area contributed by atoms with E-state index >= 15 is 0 Å². The fourth-order valence-corrected chi connectivity index (χ4v) is 3.47. The highest BCUT2D eigenvalue weighted by atomic mass is 35.5. The molecule has 0 aliphatic heterocycles. The minimum Gasteiger partial charge on any atom is -0.308 e. The van der Waals surface area contributed by atoms with Crippen molar-refractivity contribution in [3.63, 3.8) is 0 Å². The standard InChI is InChI=1S/C17H22ClN3/c1-3-15-17(18)16(21(4-2)20-15)11-19-14-9-12-7-5-6-8-13(12)10-14/h5-8,14,19H,3-4,9-11H2,1-2H3. The van der Waals surface area contributed by atoms with E-state index in [4.69, 9.17) is 11.6 Å². The molecule has 0 unspecified atom stereocenters. The summed E-state index contributed by atoms with van der Waals surface area (Å²) in [5.74, 6) is 0. The first-order valence-corrected chi connectivity index (χ1v) is 8.14.